The minimum atomic E-state index is -3.41. The van der Waals surface area contributed by atoms with Crippen LogP contribution in [-0.2, 0) is 14.8 Å². The molecule has 0 spiro atoms. The van der Waals surface area contributed by atoms with E-state index in [1.54, 1.807) is 26.8 Å². The minimum Gasteiger partial charge on any atom is -0.493 e. The SMILES string of the molecule is CCCCOc1ccc(NC(=O)CCCCNS(=O)(=O)C(C)(C)C)c([N+](=O)[O-])c1. The second kappa shape index (κ2) is 11.1. The van der Waals surface area contributed by atoms with Crippen LogP contribution >= 0.6 is 0 Å². The summed E-state index contributed by atoms with van der Waals surface area (Å²) in [4.78, 5) is 22.8. The molecule has 0 aliphatic heterocycles. The molecular formula is C19H31N3O6S. The van der Waals surface area contributed by atoms with Gasteiger partial charge in [-0.05, 0) is 52.2 Å². The highest BCUT2D eigenvalue weighted by Gasteiger charge is 2.28. The molecule has 0 aliphatic carbocycles. The third kappa shape index (κ3) is 8.36. The lowest BCUT2D eigenvalue weighted by molar-refractivity contribution is -0.384. The van der Waals surface area contributed by atoms with E-state index in [4.69, 9.17) is 4.74 Å². The summed E-state index contributed by atoms with van der Waals surface area (Å²) in [5.41, 5.74) is -0.124. The van der Waals surface area contributed by atoms with Crippen molar-refractivity contribution in [2.45, 2.75) is 64.5 Å². The number of anilines is 1. The first-order valence-electron chi connectivity index (χ1n) is 9.68. The molecule has 10 heteroatoms. The van der Waals surface area contributed by atoms with Crippen LogP contribution in [0.4, 0.5) is 11.4 Å². The quantitative estimate of drug-likeness (QED) is 0.297. The van der Waals surface area contributed by atoms with Crippen LogP contribution in [0.1, 0.15) is 59.8 Å². The maximum Gasteiger partial charge on any atom is 0.296 e. The number of benzene rings is 1. The molecule has 0 radical (unpaired) electrons. The van der Waals surface area contributed by atoms with Crippen molar-refractivity contribution in [3.8, 4) is 5.75 Å². The van der Waals surface area contributed by atoms with Crippen molar-refractivity contribution in [2.75, 3.05) is 18.5 Å². The van der Waals surface area contributed by atoms with Crippen molar-refractivity contribution in [3.05, 3.63) is 28.3 Å². The average Bonchev–Trinajstić information content (AvgIpc) is 2.61. The van der Waals surface area contributed by atoms with E-state index in [-0.39, 0.29) is 30.2 Å². The topological polar surface area (TPSA) is 128 Å². The number of amides is 1. The number of unbranched alkanes of at least 4 members (excludes halogenated alkanes) is 2. The number of sulfonamides is 1. The van der Waals surface area contributed by atoms with Crippen molar-refractivity contribution in [1.82, 2.24) is 4.72 Å². The summed E-state index contributed by atoms with van der Waals surface area (Å²) in [5.74, 6) is 0.0145. The molecule has 1 amide bonds. The Hall–Kier alpha value is -2.20. The zero-order valence-corrected chi connectivity index (χ0v) is 18.3. The monoisotopic (exact) mass is 429 g/mol. The van der Waals surface area contributed by atoms with Crippen molar-refractivity contribution < 1.29 is 22.9 Å². The molecule has 0 heterocycles. The molecule has 0 atom stereocenters. The molecule has 0 saturated carbocycles. The number of rotatable bonds is 12. The fourth-order valence-corrected chi connectivity index (χ4v) is 3.08. The van der Waals surface area contributed by atoms with Gasteiger partial charge in [0.15, 0.2) is 0 Å². The van der Waals surface area contributed by atoms with E-state index in [9.17, 15) is 23.3 Å². The number of carbonyl (C=O) groups excluding carboxylic acids is 1. The second-order valence-electron chi connectivity index (χ2n) is 7.65. The number of nitrogens with one attached hydrogen (secondary N) is 2. The smallest absolute Gasteiger partial charge is 0.296 e. The van der Waals surface area contributed by atoms with Crippen molar-refractivity contribution >= 4 is 27.3 Å². The van der Waals surface area contributed by atoms with Gasteiger partial charge in [0.1, 0.15) is 11.4 Å². The van der Waals surface area contributed by atoms with E-state index < -0.39 is 19.7 Å². The lowest BCUT2D eigenvalue weighted by Crippen LogP contribution is -2.39. The number of ether oxygens (including phenoxy) is 1. The van der Waals surface area contributed by atoms with Crippen LogP contribution in [0.25, 0.3) is 0 Å². The van der Waals surface area contributed by atoms with Crippen LogP contribution < -0.4 is 14.8 Å². The predicted molar refractivity (Wildman–Crippen MR) is 113 cm³/mol. The van der Waals surface area contributed by atoms with E-state index in [1.807, 2.05) is 6.92 Å². The number of nitro benzene ring substituents is 1. The summed E-state index contributed by atoms with van der Waals surface area (Å²) in [6, 6.07) is 4.33. The number of hydrogen-bond donors (Lipinski definition) is 2. The van der Waals surface area contributed by atoms with Crippen LogP contribution in [0.2, 0.25) is 0 Å². The summed E-state index contributed by atoms with van der Waals surface area (Å²) in [6.07, 6.45) is 2.86. The van der Waals surface area contributed by atoms with Crippen LogP contribution in [-0.4, -0.2) is 37.1 Å². The first kappa shape index (κ1) is 24.8. The molecule has 29 heavy (non-hydrogen) atoms. The Bertz CT molecular complexity index is 803. The van der Waals surface area contributed by atoms with E-state index in [2.05, 4.69) is 10.0 Å². The third-order valence-corrected chi connectivity index (χ3v) is 6.33. The summed E-state index contributed by atoms with van der Waals surface area (Å²) in [6.45, 7) is 7.54. The maximum absolute atomic E-state index is 12.1. The second-order valence-corrected chi connectivity index (χ2v) is 10.2. The van der Waals surface area contributed by atoms with Gasteiger partial charge in [-0.2, -0.15) is 0 Å². The summed E-state index contributed by atoms with van der Waals surface area (Å²) >= 11 is 0. The van der Waals surface area contributed by atoms with Crippen LogP contribution in [0.3, 0.4) is 0 Å². The van der Waals surface area contributed by atoms with Gasteiger partial charge in [0.25, 0.3) is 5.69 Å². The van der Waals surface area contributed by atoms with Gasteiger partial charge in [-0.3, -0.25) is 14.9 Å². The normalized spacial score (nSPS) is 11.9. The fraction of sp³-hybridized carbons (Fsp3) is 0.632. The summed E-state index contributed by atoms with van der Waals surface area (Å²) < 4.78 is 31.0. The Morgan fingerprint density at radius 2 is 1.90 bits per heavy atom. The van der Waals surface area contributed by atoms with E-state index >= 15 is 0 Å². The highest BCUT2D eigenvalue weighted by atomic mass is 32.2. The van der Waals surface area contributed by atoms with Gasteiger partial charge in [-0.25, -0.2) is 13.1 Å². The van der Waals surface area contributed by atoms with Gasteiger partial charge >= 0.3 is 0 Å². The van der Waals surface area contributed by atoms with Crippen molar-refractivity contribution in [3.63, 3.8) is 0 Å². The molecule has 9 nitrogen and oxygen atoms in total. The lowest BCUT2D eigenvalue weighted by atomic mass is 10.2. The predicted octanol–water partition coefficient (Wildman–Crippen LogP) is 3.60. The molecule has 0 bridgehead atoms. The van der Waals surface area contributed by atoms with Gasteiger partial charge in [0, 0.05) is 13.0 Å². The molecule has 0 unspecified atom stereocenters. The first-order chi connectivity index (χ1) is 13.5. The van der Waals surface area contributed by atoms with Crippen LogP contribution in [0.5, 0.6) is 5.75 Å². The van der Waals surface area contributed by atoms with Gasteiger partial charge in [0.2, 0.25) is 15.9 Å². The Morgan fingerprint density at radius 1 is 1.21 bits per heavy atom. The van der Waals surface area contributed by atoms with Gasteiger partial charge in [-0.15, -0.1) is 0 Å². The number of nitrogens with zero attached hydrogens (tertiary/aromatic N) is 1. The summed E-state index contributed by atoms with van der Waals surface area (Å²) in [5, 5.41) is 13.8. The van der Waals surface area contributed by atoms with E-state index in [0.717, 1.165) is 12.8 Å². The van der Waals surface area contributed by atoms with Gasteiger partial charge in [0.05, 0.1) is 22.3 Å². The van der Waals surface area contributed by atoms with Gasteiger partial charge < -0.3 is 10.1 Å². The van der Waals surface area contributed by atoms with Gasteiger partial charge in [-0.1, -0.05) is 13.3 Å². The molecule has 0 fully saturated rings. The number of nitro groups is 1. The Kier molecular flexibility index (Phi) is 9.51. The molecule has 164 valence electrons. The Morgan fingerprint density at radius 3 is 2.48 bits per heavy atom. The molecule has 2 N–H and O–H groups in total. The molecule has 1 rings (SSSR count). The Balaban J connectivity index is 2.54. The molecular weight excluding hydrogens is 398 g/mol. The zero-order chi connectivity index (χ0) is 22.1. The van der Waals surface area contributed by atoms with E-state index in [0.29, 0.717) is 25.2 Å². The van der Waals surface area contributed by atoms with Crippen LogP contribution in [0, 0.1) is 10.1 Å². The van der Waals surface area contributed by atoms with E-state index in [1.165, 1.54) is 12.1 Å². The Labute approximate surface area is 172 Å². The van der Waals surface area contributed by atoms with Crippen molar-refractivity contribution in [2.24, 2.45) is 0 Å². The summed E-state index contributed by atoms with van der Waals surface area (Å²) in [7, 11) is -3.41. The largest absolute Gasteiger partial charge is 0.493 e. The molecule has 0 aromatic heterocycles. The lowest BCUT2D eigenvalue weighted by Gasteiger charge is -2.19. The fourth-order valence-electron chi connectivity index (χ4n) is 2.24. The molecule has 1 aromatic carbocycles. The zero-order valence-electron chi connectivity index (χ0n) is 17.5. The first-order valence-corrected chi connectivity index (χ1v) is 11.2. The number of carbonyl (C=O) groups is 1. The highest BCUT2D eigenvalue weighted by molar-refractivity contribution is 7.90. The van der Waals surface area contributed by atoms with Crippen LogP contribution in [0.15, 0.2) is 18.2 Å². The molecule has 0 aliphatic rings. The standard InChI is InChI=1S/C19H31N3O6S/c1-5-6-13-28-15-10-11-16(17(14-15)22(24)25)21-18(23)9-7-8-12-20-29(26,27)19(2,3)4/h10-11,14,20H,5-9,12-13H2,1-4H3,(H,21,23). The number of hydrogen-bond acceptors (Lipinski definition) is 6. The third-order valence-electron chi connectivity index (χ3n) is 4.14. The highest BCUT2D eigenvalue weighted by Crippen LogP contribution is 2.29. The molecule has 1 aromatic rings. The van der Waals surface area contributed by atoms with Crippen molar-refractivity contribution in [1.29, 1.82) is 0 Å². The average molecular weight is 430 g/mol. The maximum atomic E-state index is 12.1. The minimum absolute atomic E-state index is 0.108. The molecule has 0 saturated heterocycles.